The van der Waals surface area contributed by atoms with Crippen LogP contribution in [0, 0.1) is 5.41 Å². The van der Waals surface area contributed by atoms with Crippen LogP contribution in [0.2, 0.25) is 0 Å². The lowest BCUT2D eigenvalue weighted by atomic mass is 9.78. The van der Waals surface area contributed by atoms with E-state index in [1.165, 1.54) is 0 Å². The molecule has 0 aliphatic carbocycles. The van der Waals surface area contributed by atoms with Crippen molar-refractivity contribution in [3.8, 4) is 10.7 Å². The van der Waals surface area contributed by atoms with Crippen LogP contribution in [0.1, 0.15) is 24.8 Å². The fourth-order valence-electron chi connectivity index (χ4n) is 3.34. The first-order chi connectivity index (χ1) is 11.2. The third kappa shape index (κ3) is 3.86. The van der Waals surface area contributed by atoms with Crippen molar-refractivity contribution in [2.75, 3.05) is 19.7 Å². The summed E-state index contributed by atoms with van der Waals surface area (Å²) in [5.41, 5.74) is 1.09. The lowest BCUT2D eigenvalue weighted by Gasteiger charge is -2.41. The zero-order chi connectivity index (χ0) is 16.1. The molecule has 0 spiro atoms. The number of piperidine rings is 1. The average molecular weight is 329 g/mol. The molecule has 23 heavy (non-hydrogen) atoms. The van der Waals surface area contributed by atoms with E-state index >= 15 is 0 Å². The molecule has 0 unspecified atom stereocenters. The second-order valence-corrected chi connectivity index (χ2v) is 7.31. The predicted molar refractivity (Wildman–Crippen MR) is 94.2 cm³/mol. The largest absolute Gasteiger partial charge is 0.396 e. The molecule has 122 valence electrons. The summed E-state index contributed by atoms with van der Waals surface area (Å²) in [6.45, 7) is 6.87. The van der Waals surface area contributed by atoms with Gasteiger partial charge in [0.15, 0.2) is 5.82 Å². The van der Waals surface area contributed by atoms with Crippen LogP contribution in [-0.2, 0) is 6.54 Å². The minimum absolute atomic E-state index is 0.0300. The molecule has 0 aromatic carbocycles. The number of nitrogens with zero attached hydrogens (tertiary/aromatic N) is 3. The zero-order valence-electron chi connectivity index (χ0n) is 13.3. The first kappa shape index (κ1) is 16.3. The number of aliphatic hydroxyl groups excluding tert-OH is 1. The van der Waals surface area contributed by atoms with Gasteiger partial charge in [0.05, 0.1) is 11.5 Å². The number of allylic oxidation sites excluding steroid dienone is 1. The Labute approximate surface area is 141 Å². The molecule has 3 rings (SSSR count). The standard InChI is InChI=1S/C18H23N3OS/c1-2-6-18(14-22)7-4-8-21(13-18)12-15-10-19-17(20-11-15)16-5-3-9-23-16/h2-3,5,9-11,22H,1,4,6-8,12-14H2/t18-/m0/s1. The Morgan fingerprint density at radius 2 is 2.22 bits per heavy atom. The van der Waals surface area contributed by atoms with E-state index < -0.39 is 0 Å². The Morgan fingerprint density at radius 3 is 2.87 bits per heavy atom. The van der Waals surface area contributed by atoms with E-state index in [4.69, 9.17) is 0 Å². The number of rotatable bonds is 6. The summed E-state index contributed by atoms with van der Waals surface area (Å²) in [7, 11) is 0. The Morgan fingerprint density at radius 1 is 1.39 bits per heavy atom. The fourth-order valence-corrected chi connectivity index (χ4v) is 4.01. The van der Waals surface area contributed by atoms with Crippen LogP contribution in [0.5, 0.6) is 0 Å². The van der Waals surface area contributed by atoms with Crippen molar-refractivity contribution in [2.24, 2.45) is 5.41 Å². The highest BCUT2D eigenvalue weighted by molar-refractivity contribution is 7.13. The summed E-state index contributed by atoms with van der Waals surface area (Å²) < 4.78 is 0. The van der Waals surface area contributed by atoms with Gasteiger partial charge in [-0.2, -0.15) is 0 Å². The summed E-state index contributed by atoms with van der Waals surface area (Å²) in [4.78, 5) is 12.5. The van der Waals surface area contributed by atoms with Crippen LogP contribution in [0.4, 0.5) is 0 Å². The molecule has 1 N–H and O–H groups in total. The van der Waals surface area contributed by atoms with Gasteiger partial charge >= 0.3 is 0 Å². The molecule has 1 fully saturated rings. The smallest absolute Gasteiger partial charge is 0.169 e. The summed E-state index contributed by atoms with van der Waals surface area (Å²) in [6.07, 6.45) is 8.82. The molecule has 0 saturated carbocycles. The predicted octanol–water partition coefficient (Wildman–Crippen LogP) is 3.36. The lowest BCUT2D eigenvalue weighted by molar-refractivity contribution is 0.0308. The van der Waals surface area contributed by atoms with Gasteiger partial charge in [-0.15, -0.1) is 17.9 Å². The first-order valence-electron chi connectivity index (χ1n) is 8.04. The van der Waals surface area contributed by atoms with Crippen LogP contribution >= 0.6 is 11.3 Å². The minimum Gasteiger partial charge on any atom is -0.396 e. The molecule has 0 amide bonds. The topological polar surface area (TPSA) is 49.2 Å². The van der Waals surface area contributed by atoms with Crippen LogP contribution in [0.3, 0.4) is 0 Å². The lowest BCUT2D eigenvalue weighted by Crippen LogP contribution is -2.44. The van der Waals surface area contributed by atoms with E-state index in [1.54, 1.807) is 11.3 Å². The molecular weight excluding hydrogens is 306 g/mol. The molecule has 0 bridgehead atoms. The van der Waals surface area contributed by atoms with Crippen molar-refractivity contribution in [1.29, 1.82) is 0 Å². The third-order valence-electron chi connectivity index (χ3n) is 4.51. The van der Waals surface area contributed by atoms with Crippen molar-refractivity contribution >= 4 is 11.3 Å². The summed E-state index contributed by atoms with van der Waals surface area (Å²) in [5.74, 6) is 0.791. The van der Waals surface area contributed by atoms with E-state index in [0.717, 1.165) is 55.2 Å². The van der Waals surface area contributed by atoms with Crippen LogP contribution in [-0.4, -0.2) is 39.7 Å². The summed E-state index contributed by atoms with van der Waals surface area (Å²) in [5, 5.41) is 11.8. The second-order valence-electron chi connectivity index (χ2n) is 6.36. The third-order valence-corrected chi connectivity index (χ3v) is 5.37. The molecule has 0 radical (unpaired) electrons. The normalized spacial score (nSPS) is 22.1. The van der Waals surface area contributed by atoms with E-state index in [0.29, 0.717) is 0 Å². The van der Waals surface area contributed by atoms with Crippen molar-refractivity contribution in [1.82, 2.24) is 14.9 Å². The van der Waals surface area contributed by atoms with Crippen LogP contribution in [0.25, 0.3) is 10.7 Å². The van der Waals surface area contributed by atoms with Crippen LogP contribution in [0.15, 0.2) is 42.6 Å². The summed E-state index contributed by atoms with van der Waals surface area (Å²) in [6, 6.07) is 4.05. The van der Waals surface area contributed by atoms with Gasteiger partial charge in [0.1, 0.15) is 0 Å². The van der Waals surface area contributed by atoms with E-state index in [1.807, 2.05) is 36.0 Å². The van der Waals surface area contributed by atoms with Gasteiger partial charge < -0.3 is 5.11 Å². The Balaban J connectivity index is 1.65. The van der Waals surface area contributed by atoms with Crippen LogP contribution < -0.4 is 0 Å². The van der Waals surface area contributed by atoms with Gasteiger partial charge in [0.25, 0.3) is 0 Å². The maximum atomic E-state index is 9.80. The van der Waals surface area contributed by atoms with Gasteiger partial charge in [0.2, 0.25) is 0 Å². The fraction of sp³-hybridized carbons (Fsp3) is 0.444. The molecule has 5 heteroatoms. The van der Waals surface area contributed by atoms with Gasteiger partial charge in [0, 0.05) is 36.5 Å². The highest BCUT2D eigenvalue weighted by Crippen LogP contribution is 2.34. The van der Waals surface area contributed by atoms with E-state index in [2.05, 4.69) is 21.4 Å². The maximum Gasteiger partial charge on any atom is 0.169 e. The Kier molecular flexibility index (Phi) is 5.20. The van der Waals surface area contributed by atoms with Crippen molar-refractivity contribution < 1.29 is 5.11 Å². The molecule has 4 nitrogen and oxygen atoms in total. The first-order valence-corrected chi connectivity index (χ1v) is 8.91. The highest BCUT2D eigenvalue weighted by atomic mass is 32.1. The van der Waals surface area contributed by atoms with Crippen molar-refractivity contribution in [3.05, 3.63) is 48.1 Å². The minimum atomic E-state index is -0.0300. The van der Waals surface area contributed by atoms with E-state index in [-0.39, 0.29) is 12.0 Å². The molecule has 1 aliphatic rings. The quantitative estimate of drug-likeness (QED) is 0.826. The number of thiophene rings is 1. The number of hydrogen-bond donors (Lipinski definition) is 1. The molecule has 3 heterocycles. The number of hydrogen-bond acceptors (Lipinski definition) is 5. The highest BCUT2D eigenvalue weighted by Gasteiger charge is 2.33. The Bertz CT molecular complexity index is 626. The van der Waals surface area contributed by atoms with Crippen molar-refractivity contribution in [2.45, 2.75) is 25.8 Å². The van der Waals surface area contributed by atoms with Gasteiger partial charge in [-0.25, -0.2) is 9.97 Å². The summed E-state index contributed by atoms with van der Waals surface area (Å²) >= 11 is 1.65. The average Bonchev–Trinajstić information content (AvgIpc) is 3.11. The zero-order valence-corrected chi connectivity index (χ0v) is 14.1. The van der Waals surface area contributed by atoms with Gasteiger partial charge in [-0.3, -0.25) is 4.90 Å². The molecule has 1 atom stereocenters. The van der Waals surface area contributed by atoms with E-state index in [9.17, 15) is 5.11 Å². The molecule has 2 aromatic heterocycles. The molecule has 1 saturated heterocycles. The second kappa shape index (κ2) is 7.34. The maximum absolute atomic E-state index is 9.80. The Hall–Kier alpha value is -1.56. The molecule has 2 aromatic rings. The molecule has 1 aliphatic heterocycles. The monoisotopic (exact) mass is 329 g/mol. The number of aliphatic hydroxyl groups is 1. The molecular formula is C18H23N3OS. The number of aromatic nitrogens is 2. The number of likely N-dealkylation sites (tertiary alicyclic amines) is 1. The van der Waals surface area contributed by atoms with Gasteiger partial charge in [-0.1, -0.05) is 12.1 Å². The SMILES string of the molecule is C=CC[C@]1(CO)CCCN(Cc2cnc(-c3cccs3)nc2)C1. The van der Waals surface area contributed by atoms with Gasteiger partial charge in [-0.05, 0) is 37.3 Å². The van der Waals surface area contributed by atoms with Crippen molar-refractivity contribution in [3.63, 3.8) is 0 Å².